The zero-order valence-corrected chi connectivity index (χ0v) is 8.81. The molecule has 0 spiro atoms. The first-order valence-electron chi connectivity index (χ1n) is 5.71. The van der Waals surface area contributed by atoms with E-state index in [1.165, 1.54) is 44.1 Å². The second kappa shape index (κ2) is 4.76. The quantitative estimate of drug-likeness (QED) is 0.672. The van der Waals surface area contributed by atoms with Crippen LogP contribution in [0.15, 0.2) is 22.8 Å². The first-order valence-corrected chi connectivity index (χ1v) is 5.71. The van der Waals surface area contributed by atoms with E-state index in [1.54, 1.807) is 11.1 Å². The van der Waals surface area contributed by atoms with Crippen molar-refractivity contribution in [1.29, 1.82) is 0 Å². The molecular formula is C12H20N2. The molecule has 2 aliphatic rings. The van der Waals surface area contributed by atoms with Gasteiger partial charge in [0.25, 0.3) is 0 Å². The molecule has 2 aliphatic carbocycles. The van der Waals surface area contributed by atoms with Crippen LogP contribution in [-0.2, 0) is 0 Å². The summed E-state index contributed by atoms with van der Waals surface area (Å²) in [5, 5.41) is 3.20. The summed E-state index contributed by atoms with van der Waals surface area (Å²) in [6.45, 7) is 1.57. The Morgan fingerprint density at radius 2 is 2.00 bits per heavy atom. The van der Waals surface area contributed by atoms with Crippen molar-refractivity contribution in [3.05, 3.63) is 22.8 Å². The number of hydrogen-bond acceptors (Lipinski definition) is 2. The molecule has 0 aromatic heterocycles. The van der Waals surface area contributed by atoms with E-state index in [0.717, 1.165) is 6.54 Å². The maximum Gasteiger partial charge on any atom is 0.0431 e. The van der Waals surface area contributed by atoms with Crippen LogP contribution in [0.3, 0.4) is 0 Å². The summed E-state index contributed by atoms with van der Waals surface area (Å²) < 4.78 is 0. The molecule has 0 aliphatic heterocycles. The lowest BCUT2D eigenvalue weighted by molar-refractivity contribution is 0.632. The SMILES string of the molecule is NCNCC1=CC2=C(CCCC2)CC1. The standard InChI is InChI=1S/C12H20N2/c13-9-14-8-10-5-6-11-3-1-2-4-12(11)7-10/h7,14H,1-6,8-9,13H2. The summed E-state index contributed by atoms with van der Waals surface area (Å²) in [6.07, 6.45) is 10.4. The van der Waals surface area contributed by atoms with Gasteiger partial charge in [-0.1, -0.05) is 17.2 Å². The predicted molar refractivity (Wildman–Crippen MR) is 59.9 cm³/mol. The van der Waals surface area contributed by atoms with Crippen molar-refractivity contribution in [1.82, 2.24) is 5.32 Å². The third-order valence-electron chi connectivity index (χ3n) is 3.25. The highest BCUT2D eigenvalue weighted by atomic mass is 14.9. The average Bonchev–Trinajstić information content (AvgIpc) is 2.26. The third-order valence-corrected chi connectivity index (χ3v) is 3.25. The molecule has 0 aromatic carbocycles. The summed E-state index contributed by atoms with van der Waals surface area (Å²) in [5.74, 6) is 0. The van der Waals surface area contributed by atoms with Gasteiger partial charge < -0.3 is 11.1 Å². The van der Waals surface area contributed by atoms with Gasteiger partial charge in [-0.15, -0.1) is 0 Å². The Balaban J connectivity index is 2.01. The van der Waals surface area contributed by atoms with E-state index >= 15 is 0 Å². The molecule has 2 nitrogen and oxygen atoms in total. The summed E-state index contributed by atoms with van der Waals surface area (Å²) in [6, 6.07) is 0. The molecule has 0 bridgehead atoms. The Kier molecular flexibility index (Phi) is 3.38. The van der Waals surface area contributed by atoms with Gasteiger partial charge in [-0.05, 0) is 44.1 Å². The van der Waals surface area contributed by atoms with E-state index in [0.29, 0.717) is 6.67 Å². The number of allylic oxidation sites excluding steroid dienone is 3. The molecule has 0 atom stereocenters. The minimum atomic E-state index is 0.587. The van der Waals surface area contributed by atoms with Crippen molar-refractivity contribution in [2.75, 3.05) is 13.2 Å². The van der Waals surface area contributed by atoms with E-state index < -0.39 is 0 Å². The molecule has 0 saturated heterocycles. The zero-order chi connectivity index (χ0) is 9.80. The van der Waals surface area contributed by atoms with Gasteiger partial charge in [0.2, 0.25) is 0 Å². The Bertz CT molecular complexity index is 263. The molecule has 0 amide bonds. The summed E-state index contributed by atoms with van der Waals surface area (Å²) in [7, 11) is 0. The van der Waals surface area contributed by atoms with Crippen LogP contribution in [0, 0.1) is 0 Å². The van der Waals surface area contributed by atoms with Gasteiger partial charge in [0, 0.05) is 13.2 Å². The highest BCUT2D eigenvalue weighted by Gasteiger charge is 2.15. The van der Waals surface area contributed by atoms with Gasteiger partial charge in [-0.25, -0.2) is 0 Å². The minimum Gasteiger partial charge on any atom is -0.318 e. The van der Waals surface area contributed by atoms with Crippen molar-refractivity contribution in [2.24, 2.45) is 5.73 Å². The van der Waals surface area contributed by atoms with Crippen molar-refractivity contribution < 1.29 is 0 Å². The van der Waals surface area contributed by atoms with Gasteiger partial charge >= 0.3 is 0 Å². The van der Waals surface area contributed by atoms with Crippen LogP contribution in [-0.4, -0.2) is 13.2 Å². The highest BCUT2D eigenvalue weighted by Crippen LogP contribution is 2.33. The number of nitrogens with one attached hydrogen (secondary N) is 1. The molecule has 0 aromatic rings. The molecule has 2 heteroatoms. The lowest BCUT2D eigenvalue weighted by atomic mass is 9.83. The predicted octanol–water partition coefficient (Wildman–Crippen LogP) is 2.08. The molecular weight excluding hydrogens is 172 g/mol. The fraction of sp³-hybridized carbons (Fsp3) is 0.667. The van der Waals surface area contributed by atoms with Crippen LogP contribution in [0.4, 0.5) is 0 Å². The second-order valence-corrected chi connectivity index (χ2v) is 4.27. The fourth-order valence-corrected chi connectivity index (χ4v) is 2.45. The molecule has 0 unspecified atom stereocenters. The topological polar surface area (TPSA) is 38.0 Å². The molecule has 0 heterocycles. The van der Waals surface area contributed by atoms with Crippen LogP contribution < -0.4 is 11.1 Å². The molecule has 78 valence electrons. The zero-order valence-electron chi connectivity index (χ0n) is 8.81. The maximum absolute atomic E-state index is 5.43. The molecule has 14 heavy (non-hydrogen) atoms. The van der Waals surface area contributed by atoms with E-state index in [2.05, 4.69) is 11.4 Å². The van der Waals surface area contributed by atoms with E-state index in [9.17, 15) is 0 Å². The molecule has 0 radical (unpaired) electrons. The Morgan fingerprint density at radius 3 is 2.86 bits per heavy atom. The van der Waals surface area contributed by atoms with Crippen LogP contribution in [0.25, 0.3) is 0 Å². The largest absolute Gasteiger partial charge is 0.318 e. The Hall–Kier alpha value is -0.600. The van der Waals surface area contributed by atoms with Crippen LogP contribution in [0.2, 0.25) is 0 Å². The van der Waals surface area contributed by atoms with Gasteiger partial charge in [0.1, 0.15) is 0 Å². The first-order chi connectivity index (χ1) is 6.90. The van der Waals surface area contributed by atoms with Crippen molar-refractivity contribution in [3.8, 4) is 0 Å². The summed E-state index contributed by atoms with van der Waals surface area (Å²) in [4.78, 5) is 0. The van der Waals surface area contributed by atoms with Gasteiger partial charge in [0.15, 0.2) is 0 Å². The van der Waals surface area contributed by atoms with E-state index in [4.69, 9.17) is 5.73 Å². The Labute approximate surface area is 86.3 Å². The lowest BCUT2D eigenvalue weighted by Gasteiger charge is -2.24. The highest BCUT2D eigenvalue weighted by molar-refractivity contribution is 5.35. The van der Waals surface area contributed by atoms with Gasteiger partial charge in [0.05, 0.1) is 0 Å². The Morgan fingerprint density at radius 1 is 1.14 bits per heavy atom. The maximum atomic E-state index is 5.43. The minimum absolute atomic E-state index is 0.587. The first kappa shape index (κ1) is 9.94. The summed E-state index contributed by atoms with van der Waals surface area (Å²) in [5.41, 5.74) is 10.3. The van der Waals surface area contributed by atoms with Crippen LogP contribution in [0.1, 0.15) is 38.5 Å². The fourth-order valence-electron chi connectivity index (χ4n) is 2.45. The van der Waals surface area contributed by atoms with Gasteiger partial charge in [-0.2, -0.15) is 0 Å². The van der Waals surface area contributed by atoms with E-state index in [1.807, 2.05) is 0 Å². The third kappa shape index (κ3) is 2.25. The molecule has 0 fully saturated rings. The van der Waals surface area contributed by atoms with E-state index in [-0.39, 0.29) is 0 Å². The molecule has 2 rings (SSSR count). The molecule has 0 saturated carbocycles. The van der Waals surface area contributed by atoms with Crippen LogP contribution in [0.5, 0.6) is 0 Å². The average molecular weight is 192 g/mol. The lowest BCUT2D eigenvalue weighted by Crippen LogP contribution is -2.25. The molecule has 3 N–H and O–H groups in total. The van der Waals surface area contributed by atoms with Crippen molar-refractivity contribution >= 4 is 0 Å². The summed E-state index contributed by atoms with van der Waals surface area (Å²) >= 11 is 0. The van der Waals surface area contributed by atoms with Crippen molar-refractivity contribution in [2.45, 2.75) is 38.5 Å². The monoisotopic (exact) mass is 192 g/mol. The number of rotatable bonds is 3. The number of hydrogen-bond donors (Lipinski definition) is 2. The van der Waals surface area contributed by atoms with Crippen LogP contribution >= 0.6 is 0 Å². The normalized spacial score (nSPS) is 21.9. The smallest absolute Gasteiger partial charge is 0.0431 e. The second-order valence-electron chi connectivity index (χ2n) is 4.27. The van der Waals surface area contributed by atoms with Gasteiger partial charge in [-0.3, -0.25) is 0 Å². The van der Waals surface area contributed by atoms with Crippen molar-refractivity contribution in [3.63, 3.8) is 0 Å². The number of nitrogens with two attached hydrogens (primary N) is 1.